The minimum Gasteiger partial charge on any atom is -0.466 e. The minimum atomic E-state index is -0.0682. The van der Waals surface area contributed by atoms with Gasteiger partial charge in [-0.05, 0) is 13.3 Å². The highest BCUT2D eigenvalue weighted by Gasteiger charge is 1.99. The van der Waals surface area contributed by atoms with Crippen LogP contribution in [0.2, 0.25) is 6.32 Å². The third-order valence-corrected chi connectivity index (χ3v) is 1.89. The molecule has 0 aromatic carbocycles. The van der Waals surface area contributed by atoms with Crippen LogP contribution in [0.3, 0.4) is 0 Å². The standard InChI is InChI=1S/C10H19BO2/c1-2-13-10(12)8-6-4-3-5-7-9-11/h2-9H2,1H3. The quantitative estimate of drug-likeness (QED) is 0.327. The Balaban J connectivity index is 3.02. The van der Waals surface area contributed by atoms with Gasteiger partial charge in [0.1, 0.15) is 0 Å². The summed E-state index contributed by atoms with van der Waals surface area (Å²) in [6, 6.07) is 0. The van der Waals surface area contributed by atoms with E-state index in [1.54, 1.807) is 0 Å². The molecule has 0 rings (SSSR count). The summed E-state index contributed by atoms with van der Waals surface area (Å²) < 4.78 is 4.81. The normalized spacial score (nSPS) is 9.92. The second-order valence-electron chi connectivity index (χ2n) is 3.11. The van der Waals surface area contributed by atoms with Crippen molar-refractivity contribution in [3.8, 4) is 0 Å². The van der Waals surface area contributed by atoms with Crippen LogP contribution in [-0.4, -0.2) is 20.4 Å². The molecule has 0 fully saturated rings. The average molecular weight is 182 g/mol. The van der Waals surface area contributed by atoms with Crippen molar-refractivity contribution in [2.24, 2.45) is 0 Å². The topological polar surface area (TPSA) is 26.3 Å². The summed E-state index contributed by atoms with van der Waals surface area (Å²) in [5, 5.41) is 0. The van der Waals surface area contributed by atoms with Gasteiger partial charge in [0.05, 0.1) is 14.5 Å². The van der Waals surface area contributed by atoms with E-state index in [-0.39, 0.29) is 5.97 Å². The first-order chi connectivity index (χ1) is 6.31. The largest absolute Gasteiger partial charge is 0.466 e. The van der Waals surface area contributed by atoms with E-state index >= 15 is 0 Å². The maximum Gasteiger partial charge on any atom is 0.305 e. The van der Waals surface area contributed by atoms with Crippen LogP contribution in [0.5, 0.6) is 0 Å². The molecular formula is C10H19BO2. The Morgan fingerprint density at radius 2 is 1.77 bits per heavy atom. The van der Waals surface area contributed by atoms with Crippen LogP contribution < -0.4 is 0 Å². The molecule has 13 heavy (non-hydrogen) atoms. The van der Waals surface area contributed by atoms with Gasteiger partial charge in [-0.25, -0.2) is 0 Å². The molecule has 2 radical (unpaired) electrons. The fourth-order valence-corrected chi connectivity index (χ4v) is 1.18. The van der Waals surface area contributed by atoms with Gasteiger partial charge in [0, 0.05) is 6.42 Å². The van der Waals surface area contributed by atoms with Crippen LogP contribution in [0.25, 0.3) is 0 Å². The van der Waals surface area contributed by atoms with Crippen molar-refractivity contribution in [3.05, 3.63) is 0 Å². The second kappa shape index (κ2) is 9.62. The van der Waals surface area contributed by atoms with Crippen molar-refractivity contribution in [1.29, 1.82) is 0 Å². The van der Waals surface area contributed by atoms with E-state index < -0.39 is 0 Å². The fourth-order valence-electron chi connectivity index (χ4n) is 1.18. The van der Waals surface area contributed by atoms with Gasteiger partial charge in [-0.3, -0.25) is 4.79 Å². The number of hydrogen-bond donors (Lipinski definition) is 0. The zero-order valence-corrected chi connectivity index (χ0v) is 8.55. The minimum absolute atomic E-state index is 0.0682. The summed E-state index contributed by atoms with van der Waals surface area (Å²) in [5.74, 6) is -0.0682. The molecule has 3 heteroatoms. The molecule has 0 aliphatic carbocycles. The molecule has 0 aliphatic heterocycles. The Morgan fingerprint density at radius 3 is 2.38 bits per heavy atom. The first-order valence-electron chi connectivity index (χ1n) is 5.17. The second-order valence-corrected chi connectivity index (χ2v) is 3.11. The Labute approximate surface area is 82.5 Å². The third-order valence-electron chi connectivity index (χ3n) is 1.89. The van der Waals surface area contributed by atoms with Gasteiger partial charge in [0.25, 0.3) is 0 Å². The molecule has 74 valence electrons. The monoisotopic (exact) mass is 182 g/mol. The lowest BCUT2D eigenvalue weighted by molar-refractivity contribution is -0.143. The molecule has 0 aromatic rings. The Morgan fingerprint density at radius 1 is 1.15 bits per heavy atom. The number of unbranched alkanes of at least 4 members (excludes halogenated alkanes) is 4. The van der Waals surface area contributed by atoms with E-state index in [0.717, 1.165) is 25.6 Å². The number of hydrogen-bond acceptors (Lipinski definition) is 2. The van der Waals surface area contributed by atoms with Gasteiger partial charge in [-0.1, -0.05) is 32.0 Å². The highest BCUT2D eigenvalue weighted by Crippen LogP contribution is 2.06. The molecule has 0 aromatic heterocycles. The molecule has 0 saturated carbocycles. The van der Waals surface area contributed by atoms with Crippen LogP contribution in [-0.2, 0) is 9.53 Å². The molecular weight excluding hydrogens is 163 g/mol. The molecule has 0 amide bonds. The summed E-state index contributed by atoms with van der Waals surface area (Å²) in [6.45, 7) is 2.32. The highest BCUT2D eigenvalue weighted by atomic mass is 16.5. The predicted molar refractivity (Wildman–Crippen MR) is 54.9 cm³/mol. The first kappa shape index (κ1) is 12.5. The Bertz CT molecular complexity index is 126. The summed E-state index contributed by atoms with van der Waals surface area (Å²) in [6.07, 6.45) is 6.85. The number of carbonyl (C=O) groups is 1. The molecule has 0 N–H and O–H groups in total. The zero-order chi connectivity index (χ0) is 9.94. The van der Waals surface area contributed by atoms with E-state index in [9.17, 15) is 4.79 Å². The molecule has 2 nitrogen and oxygen atoms in total. The molecule has 0 unspecified atom stereocenters. The SMILES string of the molecule is [B]CCCCCCCC(=O)OCC. The number of esters is 1. The van der Waals surface area contributed by atoms with Crippen LogP contribution in [0, 0.1) is 0 Å². The molecule has 0 heterocycles. The summed E-state index contributed by atoms with van der Waals surface area (Å²) in [4.78, 5) is 10.9. The highest BCUT2D eigenvalue weighted by molar-refractivity contribution is 6.08. The maximum absolute atomic E-state index is 10.9. The Hall–Kier alpha value is -0.465. The molecule has 0 spiro atoms. The lowest BCUT2D eigenvalue weighted by atomic mass is 9.98. The van der Waals surface area contributed by atoms with E-state index in [2.05, 4.69) is 0 Å². The predicted octanol–water partition coefficient (Wildman–Crippen LogP) is 2.48. The summed E-state index contributed by atoms with van der Waals surface area (Å²) in [7, 11) is 5.36. The maximum atomic E-state index is 10.9. The van der Waals surface area contributed by atoms with Gasteiger partial charge in [-0.2, -0.15) is 0 Å². The zero-order valence-electron chi connectivity index (χ0n) is 8.55. The van der Waals surface area contributed by atoms with E-state index in [1.807, 2.05) is 6.92 Å². The van der Waals surface area contributed by atoms with Gasteiger partial charge >= 0.3 is 5.97 Å². The number of rotatable bonds is 8. The number of carbonyl (C=O) groups excluding carboxylic acids is 1. The summed E-state index contributed by atoms with van der Waals surface area (Å²) >= 11 is 0. The smallest absolute Gasteiger partial charge is 0.305 e. The van der Waals surface area contributed by atoms with Crippen molar-refractivity contribution in [2.75, 3.05) is 6.61 Å². The van der Waals surface area contributed by atoms with Crippen LogP contribution in [0.1, 0.15) is 45.4 Å². The lowest BCUT2D eigenvalue weighted by Crippen LogP contribution is -2.03. The van der Waals surface area contributed by atoms with Gasteiger partial charge in [0.2, 0.25) is 0 Å². The molecule has 0 saturated heterocycles. The van der Waals surface area contributed by atoms with Crippen LogP contribution >= 0.6 is 0 Å². The van der Waals surface area contributed by atoms with Gasteiger partial charge in [0.15, 0.2) is 0 Å². The fraction of sp³-hybridized carbons (Fsp3) is 0.900. The summed E-state index contributed by atoms with van der Waals surface area (Å²) in [5.41, 5.74) is 0. The van der Waals surface area contributed by atoms with Crippen molar-refractivity contribution in [2.45, 2.75) is 51.8 Å². The molecule has 0 bridgehead atoms. The van der Waals surface area contributed by atoms with E-state index in [4.69, 9.17) is 12.6 Å². The van der Waals surface area contributed by atoms with E-state index in [1.165, 1.54) is 12.8 Å². The van der Waals surface area contributed by atoms with Crippen LogP contribution in [0.15, 0.2) is 0 Å². The first-order valence-corrected chi connectivity index (χ1v) is 5.17. The molecule has 0 atom stereocenters. The number of ether oxygens (including phenoxy) is 1. The third kappa shape index (κ3) is 9.45. The molecule has 0 aliphatic rings. The lowest BCUT2D eigenvalue weighted by Gasteiger charge is -2.01. The van der Waals surface area contributed by atoms with Gasteiger partial charge < -0.3 is 4.74 Å². The van der Waals surface area contributed by atoms with Crippen molar-refractivity contribution in [1.82, 2.24) is 0 Å². The van der Waals surface area contributed by atoms with Crippen molar-refractivity contribution >= 4 is 13.8 Å². The Kier molecular flexibility index (Phi) is 9.28. The van der Waals surface area contributed by atoms with Crippen LogP contribution in [0.4, 0.5) is 0 Å². The average Bonchev–Trinajstić information content (AvgIpc) is 2.11. The van der Waals surface area contributed by atoms with Gasteiger partial charge in [-0.15, -0.1) is 0 Å². The van der Waals surface area contributed by atoms with Crippen molar-refractivity contribution in [3.63, 3.8) is 0 Å². The van der Waals surface area contributed by atoms with Crippen molar-refractivity contribution < 1.29 is 9.53 Å². The van der Waals surface area contributed by atoms with E-state index in [0.29, 0.717) is 13.0 Å².